The van der Waals surface area contributed by atoms with E-state index in [9.17, 15) is 8.78 Å². The summed E-state index contributed by atoms with van der Waals surface area (Å²) < 4.78 is 28.6. The van der Waals surface area contributed by atoms with Gasteiger partial charge in [-0.3, -0.25) is 9.89 Å². The van der Waals surface area contributed by atoms with Crippen molar-refractivity contribution in [1.82, 2.24) is 0 Å². The van der Waals surface area contributed by atoms with Crippen molar-refractivity contribution in [2.75, 3.05) is 4.90 Å². The zero-order valence-corrected chi connectivity index (χ0v) is 11.9. The van der Waals surface area contributed by atoms with Crippen LogP contribution in [-0.4, -0.2) is 18.1 Å². The number of hydrazone groups is 1. The van der Waals surface area contributed by atoms with E-state index in [1.807, 2.05) is 12.1 Å². The molecule has 0 aliphatic carbocycles. The van der Waals surface area contributed by atoms with Gasteiger partial charge in [0.15, 0.2) is 5.84 Å². The molecule has 0 radical (unpaired) electrons. The van der Waals surface area contributed by atoms with E-state index in [1.54, 1.807) is 25.3 Å². The Hall–Kier alpha value is -2.76. The molecule has 0 saturated heterocycles. The summed E-state index contributed by atoms with van der Waals surface area (Å²) in [5.41, 5.74) is 1.09. The zero-order valence-electron chi connectivity index (χ0n) is 11.9. The third-order valence-electron chi connectivity index (χ3n) is 3.51. The van der Waals surface area contributed by atoms with Crippen LogP contribution in [0, 0.1) is 11.6 Å². The SMILES string of the molecule is CC1N=Cc2ccccc2N(c2c(F)cccc2F)C1=NN. The van der Waals surface area contributed by atoms with Gasteiger partial charge < -0.3 is 5.84 Å². The quantitative estimate of drug-likeness (QED) is 0.649. The van der Waals surface area contributed by atoms with Crippen LogP contribution in [0.5, 0.6) is 0 Å². The van der Waals surface area contributed by atoms with E-state index in [1.165, 1.54) is 23.1 Å². The van der Waals surface area contributed by atoms with Crippen molar-refractivity contribution in [3.8, 4) is 0 Å². The van der Waals surface area contributed by atoms with Gasteiger partial charge in [0.2, 0.25) is 0 Å². The summed E-state index contributed by atoms with van der Waals surface area (Å²) in [6, 6.07) is 10.5. The number of anilines is 2. The monoisotopic (exact) mass is 300 g/mol. The molecule has 1 aliphatic heterocycles. The number of benzodiazepines with no additional fused rings is 1. The van der Waals surface area contributed by atoms with Crippen molar-refractivity contribution in [1.29, 1.82) is 0 Å². The maximum Gasteiger partial charge on any atom is 0.158 e. The number of aliphatic imine (C=N–C) groups is 1. The van der Waals surface area contributed by atoms with E-state index in [-0.39, 0.29) is 11.5 Å². The second kappa shape index (κ2) is 5.55. The normalized spacial score (nSPS) is 19.1. The lowest BCUT2D eigenvalue weighted by molar-refractivity contribution is 0.586. The largest absolute Gasteiger partial charge is 0.321 e. The summed E-state index contributed by atoms with van der Waals surface area (Å²) >= 11 is 0. The highest BCUT2D eigenvalue weighted by Gasteiger charge is 2.29. The van der Waals surface area contributed by atoms with Gasteiger partial charge in [-0.1, -0.05) is 24.3 Å². The Labute approximate surface area is 126 Å². The van der Waals surface area contributed by atoms with Gasteiger partial charge in [0, 0.05) is 11.8 Å². The summed E-state index contributed by atoms with van der Waals surface area (Å²) in [4.78, 5) is 5.72. The predicted molar refractivity (Wildman–Crippen MR) is 83.6 cm³/mol. The third-order valence-corrected chi connectivity index (χ3v) is 3.51. The number of hydrogen-bond donors (Lipinski definition) is 1. The van der Waals surface area contributed by atoms with Crippen LogP contribution in [0.25, 0.3) is 0 Å². The second-order valence-corrected chi connectivity index (χ2v) is 4.91. The average molecular weight is 300 g/mol. The number of hydrogen-bond acceptors (Lipinski definition) is 3. The molecule has 22 heavy (non-hydrogen) atoms. The number of fused-ring (bicyclic) bond motifs is 1. The summed E-state index contributed by atoms with van der Waals surface area (Å²) in [6.45, 7) is 1.76. The van der Waals surface area contributed by atoms with Gasteiger partial charge in [-0.15, -0.1) is 0 Å². The molecule has 1 aliphatic rings. The van der Waals surface area contributed by atoms with Crippen LogP contribution in [-0.2, 0) is 0 Å². The molecule has 3 rings (SSSR count). The fraction of sp³-hybridized carbons (Fsp3) is 0.125. The lowest BCUT2D eigenvalue weighted by Gasteiger charge is -2.27. The molecule has 1 unspecified atom stereocenters. The van der Waals surface area contributed by atoms with Crippen molar-refractivity contribution in [3.63, 3.8) is 0 Å². The van der Waals surface area contributed by atoms with Crippen molar-refractivity contribution >= 4 is 23.4 Å². The number of nitrogens with zero attached hydrogens (tertiary/aromatic N) is 3. The lowest BCUT2D eigenvalue weighted by Crippen LogP contribution is -2.35. The zero-order chi connectivity index (χ0) is 15.7. The van der Waals surface area contributed by atoms with Gasteiger partial charge in [-0.05, 0) is 25.1 Å². The minimum Gasteiger partial charge on any atom is -0.321 e. The topological polar surface area (TPSA) is 54.0 Å². The van der Waals surface area contributed by atoms with E-state index in [0.29, 0.717) is 5.69 Å². The fourth-order valence-corrected chi connectivity index (χ4v) is 2.47. The van der Waals surface area contributed by atoms with Crippen LogP contribution in [0.3, 0.4) is 0 Å². The van der Waals surface area contributed by atoms with E-state index in [2.05, 4.69) is 10.1 Å². The minimum absolute atomic E-state index is 0.212. The Morgan fingerprint density at radius 1 is 1.09 bits per heavy atom. The predicted octanol–water partition coefficient (Wildman–Crippen LogP) is 3.20. The van der Waals surface area contributed by atoms with Gasteiger partial charge in [0.25, 0.3) is 0 Å². The molecular weight excluding hydrogens is 286 g/mol. The first-order valence-corrected chi connectivity index (χ1v) is 6.77. The van der Waals surface area contributed by atoms with Crippen molar-refractivity contribution in [2.24, 2.45) is 15.9 Å². The van der Waals surface area contributed by atoms with E-state index >= 15 is 0 Å². The molecule has 1 atom stereocenters. The molecule has 0 saturated carbocycles. The van der Waals surface area contributed by atoms with Crippen LogP contribution >= 0.6 is 0 Å². The van der Waals surface area contributed by atoms with Crippen LogP contribution in [0.2, 0.25) is 0 Å². The highest BCUT2D eigenvalue weighted by atomic mass is 19.1. The van der Waals surface area contributed by atoms with Crippen LogP contribution < -0.4 is 10.7 Å². The number of halogens is 2. The van der Waals surface area contributed by atoms with Gasteiger partial charge in [0.05, 0.1) is 5.69 Å². The molecule has 2 N–H and O–H groups in total. The molecule has 0 aromatic heterocycles. The maximum absolute atomic E-state index is 14.3. The number of nitrogens with two attached hydrogens (primary N) is 1. The van der Waals surface area contributed by atoms with Crippen molar-refractivity contribution < 1.29 is 8.78 Å². The van der Waals surface area contributed by atoms with Gasteiger partial charge in [0.1, 0.15) is 23.4 Å². The Morgan fingerprint density at radius 2 is 1.77 bits per heavy atom. The first-order chi connectivity index (χ1) is 10.6. The van der Waals surface area contributed by atoms with E-state index < -0.39 is 17.7 Å². The molecule has 0 amide bonds. The summed E-state index contributed by atoms with van der Waals surface area (Å²) in [5.74, 6) is 4.36. The van der Waals surface area contributed by atoms with Crippen LogP contribution in [0.15, 0.2) is 52.6 Å². The minimum atomic E-state index is -0.690. The highest BCUT2D eigenvalue weighted by molar-refractivity contribution is 6.12. The van der Waals surface area contributed by atoms with E-state index in [0.717, 1.165) is 5.56 Å². The summed E-state index contributed by atoms with van der Waals surface area (Å²) in [7, 11) is 0. The Balaban J connectivity index is 2.31. The second-order valence-electron chi connectivity index (χ2n) is 4.91. The number of para-hydroxylation sites is 2. The van der Waals surface area contributed by atoms with Gasteiger partial charge >= 0.3 is 0 Å². The Morgan fingerprint density at radius 3 is 2.45 bits per heavy atom. The standard InChI is InChI=1S/C16H14F2N4/c1-10-16(21-19)22(15-12(17)6-4-7-13(15)18)14-8-3-2-5-11(14)9-20-10/h2-10H,19H2,1H3. The Bertz CT molecular complexity index is 750. The molecule has 6 heteroatoms. The third kappa shape index (κ3) is 2.22. The van der Waals surface area contributed by atoms with Crippen LogP contribution in [0.1, 0.15) is 12.5 Å². The molecule has 0 bridgehead atoms. The summed E-state index contributed by atoms with van der Waals surface area (Å²) in [6.07, 6.45) is 1.66. The smallest absolute Gasteiger partial charge is 0.158 e. The molecule has 0 fully saturated rings. The molecule has 2 aromatic carbocycles. The lowest BCUT2D eigenvalue weighted by atomic mass is 10.1. The van der Waals surface area contributed by atoms with Crippen molar-refractivity contribution in [3.05, 3.63) is 59.7 Å². The molecule has 0 spiro atoms. The number of benzene rings is 2. The molecule has 4 nitrogen and oxygen atoms in total. The molecular formula is C16H14F2N4. The summed E-state index contributed by atoms with van der Waals surface area (Å²) in [5, 5.41) is 3.72. The van der Waals surface area contributed by atoms with Gasteiger partial charge in [-0.25, -0.2) is 8.78 Å². The molecule has 112 valence electrons. The van der Waals surface area contributed by atoms with Crippen molar-refractivity contribution in [2.45, 2.75) is 13.0 Å². The highest BCUT2D eigenvalue weighted by Crippen LogP contribution is 2.34. The first-order valence-electron chi connectivity index (χ1n) is 6.77. The fourth-order valence-electron chi connectivity index (χ4n) is 2.47. The van der Waals surface area contributed by atoms with Gasteiger partial charge in [-0.2, -0.15) is 5.10 Å². The maximum atomic E-state index is 14.3. The first kappa shape index (κ1) is 14.2. The van der Waals surface area contributed by atoms with E-state index in [4.69, 9.17) is 5.84 Å². The van der Waals surface area contributed by atoms with Crippen LogP contribution in [0.4, 0.5) is 20.2 Å². The molecule has 1 heterocycles. The number of amidine groups is 1. The molecule has 2 aromatic rings. The Kier molecular flexibility index (Phi) is 3.58. The average Bonchev–Trinajstić information content (AvgIpc) is 2.65. The number of rotatable bonds is 1.